The quantitative estimate of drug-likeness (QED) is 0.0261. The van der Waals surface area contributed by atoms with Crippen molar-refractivity contribution in [3.63, 3.8) is 0 Å². The summed E-state index contributed by atoms with van der Waals surface area (Å²) in [6, 6.07) is 0. The number of carbonyl (C=O) groups is 3. The third kappa shape index (κ3) is 62.4. The zero-order chi connectivity index (χ0) is 54.3. The maximum atomic E-state index is 12.9. The minimum Gasteiger partial charge on any atom is -0.462 e. The number of rotatable bonds is 62. The first-order valence-electron chi connectivity index (χ1n) is 33.5. The molecule has 6 nitrogen and oxygen atoms in total. The van der Waals surface area contributed by atoms with Crippen molar-refractivity contribution in [1.29, 1.82) is 0 Å². The van der Waals surface area contributed by atoms with E-state index in [1.165, 1.54) is 250 Å². The van der Waals surface area contributed by atoms with Crippen LogP contribution in [0.4, 0.5) is 0 Å². The summed E-state index contributed by atoms with van der Waals surface area (Å²) in [5.41, 5.74) is 0. The van der Waals surface area contributed by atoms with Crippen LogP contribution in [0.3, 0.4) is 0 Å². The predicted molar refractivity (Wildman–Crippen MR) is 326 cm³/mol. The molecule has 0 fully saturated rings. The third-order valence-electron chi connectivity index (χ3n) is 15.1. The first-order chi connectivity index (χ1) is 37.0. The number of ether oxygens (including phenoxy) is 3. The molecular formula is C69H128O6. The van der Waals surface area contributed by atoms with Gasteiger partial charge in [0.1, 0.15) is 13.2 Å². The van der Waals surface area contributed by atoms with Crippen molar-refractivity contribution in [3.05, 3.63) is 36.5 Å². The highest BCUT2D eigenvalue weighted by Crippen LogP contribution is 2.18. The van der Waals surface area contributed by atoms with Gasteiger partial charge in [-0.2, -0.15) is 0 Å². The minimum absolute atomic E-state index is 0.0730. The zero-order valence-electron chi connectivity index (χ0n) is 50.6. The molecule has 0 aromatic rings. The van der Waals surface area contributed by atoms with E-state index in [4.69, 9.17) is 14.2 Å². The molecule has 0 saturated carbocycles. The van der Waals surface area contributed by atoms with E-state index in [1.807, 2.05) is 0 Å². The monoisotopic (exact) mass is 1050 g/mol. The van der Waals surface area contributed by atoms with Gasteiger partial charge in [-0.1, -0.05) is 308 Å². The van der Waals surface area contributed by atoms with Crippen LogP contribution in [-0.4, -0.2) is 37.2 Å². The average Bonchev–Trinajstić information content (AvgIpc) is 3.41. The molecule has 0 saturated heterocycles. The molecule has 0 aliphatic heterocycles. The van der Waals surface area contributed by atoms with Crippen LogP contribution in [0.15, 0.2) is 36.5 Å². The van der Waals surface area contributed by atoms with Crippen LogP contribution in [0.1, 0.15) is 367 Å². The highest BCUT2D eigenvalue weighted by molar-refractivity contribution is 5.71. The number of hydrogen-bond acceptors (Lipinski definition) is 6. The number of esters is 3. The highest BCUT2D eigenvalue weighted by Gasteiger charge is 2.19. The fourth-order valence-electron chi connectivity index (χ4n) is 10.1. The summed E-state index contributed by atoms with van der Waals surface area (Å²) in [5, 5.41) is 0. The largest absolute Gasteiger partial charge is 0.462 e. The van der Waals surface area contributed by atoms with E-state index in [0.29, 0.717) is 19.3 Å². The normalized spacial score (nSPS) is 12.2. The van der Waals surface area contributed by atoms with Crippen LogP contribution in [-0.2, 0) is 28.6 Å². The van der Waals surface area contributed by atoms with Crippen molar-refractivity contribution >= 4 is 17.9 Å². The third-order valence-corrected chi connectivity index (χ3v) is 15.1. The molecule has 0 heterocycles. The Morgan fingerprint density at radius 2 is 0.480 bits per heavy atom. The van der Waals surface area contributed by atoms with E-state index >= 15 is 0 Å². The summed E-state index contributed by atoms with van der Waals surface area (Å²) >= 11 is 0. The van der Waals surface area contributed by atoms with Crippen molar-refractivity contribution in [2.75, 3.05) is 13.2 Å². The fourth-order valence-corrected chi connectivity index (χ4v) is 10.1. The molecule has 0 aliphatic carbocycles. The van der Waals surface area contributed by atoms with Gasteiger partial charge in [0.15, 0.2) is 6.10 Å². The molecule has 0 aliphatic rings. The lowest BCUT2D eigenvalue weighted by molar-refractivity contribution is -0.167. The SMILES string of the molecule is CCCCCC/C=C\C/C=C\CCCCCCCC(=O)OC(COC(=O)CCCCCCCCCCCCCCCC)COC(=O)CCCCCCCCCCCCCCCCC/C=C\CCCCCCCCCC. The first-order valence-corrected chi connectivity index (χ1v) is 33.5. The van der Waals surface area contributed by atoms with Crippen LogP contribution >= 0.6 is 0 Å². The van der Waals surface area contributed by atoms with Gasteiger partial charge in [-0.15, -0.1) is 0 Å². The second-order valence-electron chi connectivity index (χ2n) is 22.7. The standard InChI is InChI=1S/C69H128O6/c1-4-7-10-13-16-19-22-25-28-30-31-32-33-34-35-36-37-38-39-40-42-44-47-50-53-56-59-62-68(71)74-65-66(64-73-67(70)61-58-55-52-49-46-43-27-24-21-18-15-12-9-6-3)75-69(72)63-60-57-54-51-48-45-41-29-26-23-20-17-14-11-8-5-2/h20,23,29-31,41,66H,4-19,21-22,24-28,32-40,42-65H2,1-3H3/b23-20-,31-30-,41-29-. The van der Waals surface area contributed by atoms with Crippen LogP contribution < -0.4 is 0 Å². The molecule has 0 amide bonds. The second-order valence-corrected chi connectivity index (χ2v) is 22.7. The Morgan fingerprint density at radius 1 is 0.267 bits per heavy atom. The fraction of sp³-hybridized carbons (Fsp3) is 0.870. The molecule has 0 spiro atoms. The van der Waals surface area contributed by atoms with Gasteiger partial charge in [0, 0.05) is 19.3 Å². The van der Waals surface area contributed by atoms with Crippen molar-refractivity contribution in [2.24, 2.45) is 0 Å². The molecule has 1 atom stereocenters. The molecule has 0 bridgehead atoms. The Bertz CT molecular complexity index is 1250. The summed E-state index contributed by atoms with van der Waals surface area (Å²) in [7, 11) is 0. The van der Waals surface area contributed by atoms with E-state index in [-0.39, 0.29) is 31.1 Å². The maximum absolute atomic E-state index is 12.9. The van der Waals surface area contributed by atoms with Crippen molar-refractivity contribution in [2.45, 2.75) is 374 Å². The van der Waals surface area contributed by atoms with Crippen molar-refractivity contribution < 1.29 is 28.6 Å². The minimum atomic E-state index is -0.777. The summed E-state index contributed by atoms with van der Waals surface area (Å²) in [4.78, 5) is 38.3. The van der Waals surface area contributed by atoms with Gasteiger partial charge in [-0.05, 0) is 77.0 Å². The molecule has 0 rings (SSSR count). The molecule has 6 heteroatoms. The summed E-state index contributed by atoms with van der Waals surface area (Å²) < 4.78 is 16.9. The lowest BCUT2D eigenvalue weighted by atomic mass is 10.0. The molecule has 0 aromatic heterocycles. The predicted octanol–water partition coefficient (Wildman–Crippen LogP) is 22.8. The van der Waals surface area contributed by atoms with Gasteiger partial charge in [0.05, 0.1) is 0 Å². The van der Waals surface area contributed by atoms with Crippen LogP contribution in [0.5, 0.6) is 0 Å². The number of hydrogen-bond donors (Lipinski definition) is 0. The van der Waals surface area contributed by atoms with E-state index in [1.54, 1.807) is 0 Å². The summed E-state index contributed by atoms with van der Waals surface area (Å²) in [6.45, 7) is 6.67. The Kier molecular flexibility index (Phi) is 62.1. The molecule has 0 N–H and O–H groups in total. The van der Waals surface area contributed by atoms with Crippen molar-refractivity contribution in [3.8, 4) is 0 Å². The Labute approximate surface area is 467 Å². The molecule has 1 unspecified atom stereocenters. The van der Waals surface area contributed by atoms with E-state index < -0.39 is 6.10 Å². The highest BCUT2D eigenvalue weighted by atomic mass is 16.6. The molecule has 0 radical (unpaired) electrons. The smallest absolute Gasteiger partial charge is 0.306 e. The van der Waals surface area contributed by atoms with Gasteiger partial charge in [-0.25, -0.2) is 0 Å². The molecule has 75 heavy (non-hydrogen) atoms. The Morgan fingerprint density at radius 3 is 0.760 bits per heavy atom. The summed E-state index contributed by atoms with van der Waals surface area (Å²) in [6.07, 6.45) is 78.8. The van der Waals surface area contributed by atoms with Crippen molar-refractivity contribution in [1.82, 2.24) is 0 Å². The van der Waals surface area contributed by atoms with Gasteiger partial charge < -0.3 is 14.2 Å². The molecular weight excluding hydrogens is 925 g/mol. The van der Waals surface area contributed by atoms with Crippen LogP contribution in [0.2, 0.25) is 0 Å². The number of allylic oxidation sites excluding steroid dienone is 6. The number of unbranched alkanes of at least 4 members (excludes halogenated alkanes) is 45. The first kappa shape index (κ1) is 72.6. The summed E-state index contributed by atoms with van der Waals surface area (Å²) in [5.74, 6) is -0.862. The van der Waals surface area contributed by atoms with E-state index in [0.717, 1.165) is 77.0 Å². The Hall–Kier alpha value is -2.37. The molecule has 0 aromatic carbocycles. The topological polar surface area (TPSA) is 78.9 Å². The van der Waals surface area contributed by atoms with E-state index in [2.05, 4.69) is 57.2 Å². The van der Waals surface area contributed by atoms with Gasteiger partial charge >= 0.3 is 17.9 Å². The maximum Gasteiger partial charge on any atom is 0.306 e. The Balaban J connectivity index is 4.22. The van der Waals surface area contributed by atoms with Crippen LogP contribution in [0, 0.1) is 0 Å². The zero-order valence-corrected chi connectivity index (χ0v) is 50.6. The van der Waals surface area contributed by atoms with Gasteiger partial charge in [0.25, 0.3) is 0 Å². The molecule has 440 valence electrons. The second kappa shape index (κ2) is 64.2. The lowest BCUT2D eigenvalue weighted by Crippen LogP contribution is -2.30. The number of carbonyl (C=O) groups excluding carboxylic acids is 3. The lowest BCUT2D eigenvalue weighted by Gasteiger charge is -2.18. The van der Waals surface area contributed by atoms with Gasteiger partial charge in [0.2, 0.25) is 0 Å². The average molecular weight is 1050 g/mol. The van der Waals surface area contributed by atoms with Crippen LogP contribution in [0.25, 0.3) is 0 Å². The van der Waals surface area contributed by atoms with Gasteiger partial charge in [-0.3, -0.25) is 14.4 Å². The van der Waals surface area contributed by atoms with E-state index in [9.17, 15) is 14.4 Å².